The van der Waals surface area contributed by atoms with E-state index in [9.17, 15) is 9.59 Å². The molecular formula is C14H16N4O3. The molecule has 1 heterocycles. The number of carbonyl (C=O) groups is 2. The molecule has 1 aromatic rings. The van der Waals surface area contributed by atoms with E-state index in [2.05, 4.69) is 10.0 Å². The van der Waals surface area contributed by atoms with E-state index < -0.39 is 18.0 Å². The topological polar surface area (TPSA) is 95.4 Å². The first-order valence-corrected chi connectivity index (χ1v) is 6.75. The van der Waals surface area contributed by atoms with Crippen LogP contribution in [-0.2, 0) is 16.0 Å². The monoisotopic (exact) mass is 288 g/mol. The number of hydrogen-bond donors (Lipinski definition) is 0. The summed E-state index contributed by atoms with van der Waals surface area (Å²) in [4.78, 5) is 27.9. The zero-order chi connectivity index (χ0) is 15.2. The number of amides is 2. The van der Waals surface area contributed by atoms with Crippen molar-refractivity contribution < 1.29 is 14.3 Å². The first-order valence-electron chi connectivity index (χ1n) is 6.75. The van der Waals surface area contributed by atoms with E-state index >= 15 is 0 Å². The van der Waals surface area contributed by atoms with Gasteiger partial charge < -0.3 is 4.74 Å². The number of imide groups is 1. The lowest BCUT2D eigenvalue weighted by Gasteiger charge is -2.22. The number of hydrogen-bond acceptors (Lipinski definition) is 4. The van der Waals surface area contributed by atoms with Crippen molar-refractivity contribution in [3.05, 3.63) is 46.3 Å². The molecule has 2 rings (SSSR count). The molecule has 1 saturated heterocycles. The third-order valence-electron chi connectivity index (χ3n) is 3.38. The molecule has 1 aliphatic rings. The van der Waals surface area contributed by atoms with Crippen molar-refractivity contribution in [2.24, 2.45) is 5.11 Å². The van der Waals surface area contributed by atoms with Crippen LogP contribution < -0.4 is 0 Å². The Labute approximate surface area is 122 Å². The summed E-state index contributed by atoms with van der Waals surface area (Å²) in [6, 6.07) is 8.31. The summed E-state index contributed by atoms with van der Waals surface area (Å²) in [6.45, 7) is 1.89. The van der Waals surface area contributed by atoms with Gasteiger partial charge >= 0.3 is 6.09 Å². The first-order chi connectivity index (χ1) is 10.2. The summed E-state index contributed by atoms with van der Waals surface area (Å²) >= 11 is 0. The minimum atomic E-state index is -0.876. The van der Waals surface area contributed by atoms with Crippen molar-refractivity contribution in [1.82, 2.24) is 4.90 Å². The van der Waals surface area contributed by atoms with Crippen LogP contribution in [0.15, 0.2) is 35.4 Å². The maximum atomic E-state index is 12.3. The van der Waals surface area contributed by atoms with Gasteiger partial charge in [0.2, 0.25) is 5.91 Å². The van der Waals surface area contributed by atoms with Gasteiger partial charge in [-0.05, 0) is 23.9 Å². The average molecular weight is 288 g/mol. The maximum Gasteiger partial charge on any atom is 0.416 e. The predicted octanol–water partition coefficient (Wildman–Crippen LogP) is 2.67. The van der Waals surface area contributed by atoms with E-state index in [-0.39, 0.29) is 12.6 Å². The molecule has 0 aromatic heterocycles. The Morgan fingerprint density at radius 1 is 1.52 bits per heavy atom. The molecule has 0 spiro atoms. The van der Waals surface area contributed by atoms with Gasteiger partial charge in [0.1, 0.15) is 12.6 Å². The van der Waals surface area contributed by atoms with Crippen LogP contribution in [0, 0.1) is 0 Å². The molecular weight excluding hydrogens is 272 g/mol. The molecule has 110 valence electrons. The van der Waals surface area contributed by atoms with E-state index in [4.69, 9.17) is 10.3 Å². The summed E-state index contributed by atoms with van der Waals surface area (Å²) in [6.07, 6.45) is 0.183. The Bertz CT molecular complexity index is 569. The quantitative estimate of drug-likeness (QED) is 0.473. The minimum Gasteiger partial charge on any atom is -0.447 e. The Kier molecular flexibility index (Phi) is 4.79. The Morgan fingerprint density at radius 3 is 2.86 bits per heavy atom. The lowest BCUT2D eigenvalue weighted by atomic mass is 10.1. The zero-order valence-corrected chi connectivity index (χ0v) is 11.7. The highest BCUT2D eigenvalue weighted by Crippen LogP contribution is 2.20. The maximum absolute atomic E-state index is 12.3. The number of rotatable bonds is 5. The molecule has 0 unspecified atom stereocenters. The molecule has 1 aliphatic heterocycles. The van der Waals surface area contributed by atoms with Crippen LogP contribution in [0.1, 0.15) is 18.9 Å². The summed E-state index contributed by atoms with van der Waals surface area (Å²) in [5, 5.41) is 3.44. The highest BCUT2D eigenvalue weighted by molar-refractivity contribution is 5.96. The zero-order valence-electron chi connectivity index (χ0n) is 11.7. The van der Waals surface area contributed by atoms with Crippen molar-refractivity contribution in [2.75, 3.05) is 6.61 Å². The van der Waals surface area contributed by atoms with Gasteiger partial charge in [0.05, 0.1) is 6.04 Å². The molecule has 2 amide bonds. The Hall–Kier alpha value is -2.53. The molecule has 1 aromatic carbocycles. The molecule has 0 N–H and O–H groups in total. The van der Waals surface area contributed by atoms with Gasteiger partial charge in [0.15, 0.2) is 0 Å². The minimum absolute atomic E-state index is 0.159. The molecule has 0 saturated carbocycles. The third kappa shape index (κ3) is 3.32. The Morgan fingerprint density at radius 2 is 2.24 bits per heavy atom. The molecule has 0 radical (unpaired) electrons. The van der Waals surface area contributed by atoms with E-state index in [0.29, 0.717) is 12.8 Å². The van der Waals surface area contributed by atoms with Crippen LogP contribution in [0.2, 0.25) is 0 Å². The predicted molar refractivity (Wildman–Crippen MR) is 75.4 cm³/mol. The second kappa shape index (κ2) is 6.76. The molecule has 21 heavy (non-hydrogen) atoms. The van der Waals surface area contributed by atoms with E-state index in [1.165, 1.54) is 0 Å². The number of ether oxygens (including phenoxy) is 1. The van der Waals surface area contributed by atoms with Gasteiger partial charge in [-0.25, -0.2) is 9.69 Å². The number of cyclic esters (lactones) is 1. The molecule has 0 aliphatic carbocycles. The van der Waals surface area contributed by atoms with Gasteiger partial charge in [-0.1, -0.05) is 42.4 Å². The summed E-state index contributed by atoms with van der Waals surface area (Å²) in [7, 11) is 0. The van der Waals surface area contributed by atoms with Gasteiger partial charge in [0.25, 0.3) is 0 Å². The molecule has 7 nitrogen and oxygen atoms in total. The molecule has 1 fully saturated rings. The van der Waals surface area contributed by atoms with E-state index in [1.807, 2.05) is 30.3 Å². The second-order valence-electron chi connectivity index (χ2n) is 4.76. The number of nitrogens with zero attached hydrogens (tertiary/aromatic N) is 4. The number of azide groups is 1. The largest absolute Gasteiger partial charge is 0.447 e. The average Bonchev–Trinajstić information content (AvgIpc) is 2.86. The second-order valence-corrected chi connectivity index (χ2v) is 4.76. The van der Waals surface area contributed by atoms with Crippen LogP contribution in [0.3, 0.4) is 0 Å². The first kappa shape index (κ1) is 14.9. The lowest BCUT2D eigenvalue weighted by molar-refractivity contribution is -0.130. The normalized spacial score (nSPS) is 18.8. The van der Waals surface area contributed by atoms with Crippen molar-refractivity contribution >= 4 is 12.0 Å². The number of benzene rings is 1. The van der Waals surface area contributed by atoms with Gasteiger partial charge in [-0.15, -0.1) is 0 Å². The Balaban J connectivity index is 2.16. The fraction of sp³-hybridized carbons (Fsp3) is 0.429. The van der Waals surface area contributed by atoms with Crippen molar-refractivity contribution in [3.63, 3.8) is 0 Å². The van der Waals surface area contributed by atoms with Gasteiger partial charge in [-0.2, -0.15) is 0 Å². The highest BCUT2D eigenvalue weighted by Gasteiger charge is 2.40. The number of carbonyl (C=O) groups excluding carboxylic acids is 2. The van der Waals surface area contributed by atoms with Crippen LogP contribution >= 0.6 is 0 Å². The summed E-state index contributed by atoms with van der Waals surface area (Å²) in [5.41, 5.74) is 9.51. The fourth-order valence-electron chi connectivity index (χ4n) is 2.30. The third-order valence-corrected chi connectivity index (χ3v) is 3.38. The lowest BCUT2D eigenvalue weighted by Crippen LogP contribution is -2.44. The fourth-order valence-corrected chi connectivity index (χ4v) is 2.30. The molecule has 0 bridgehead atoms. The van der Waals surface area contributed by atoms with E-state index in [0.717, 1.165) is 10.5 Å². The molecule has 7 heteroatoms. The van der Waals surface area contributed by atoms with Crippen LogP contribution in [0.25, 0.3) is 10.4 Å². The smallest absolute Gasteiger partial charge is 0.416 e. The summed E-state index contributed by atoms with van der Waals surface area (Å²) in [5.74, 6) is -0.501. The SMILES string of the molecule is CC[C@H](N=[N+]=[N-])C(=O)N1C(=O)OC[C@@H]1Cc1ccccc1. The van der Waals surface area contributed by atoms with Crippen LogP contribution in [0.5, 0.6) is 0 Å². The van der Waals surface area contributed by atoms with Crippen molar-refractivity contribution in [1.29, 1.82) is 0 Å². The van der Waals surface area contributed by atoms with Gasteiger partial charge in [-0.3, -0.25) is 4.79 Å². The van der Waals surface area contributed by atoms with Crippen LogP contribution in [0.4, 0.5) is 4.79 Å². The van der Waals surface area contributed by atoms with Gasteiger partial charge in [0, 0.05) is 4.91 Å². The van der Waals surface area contributed by atoms with E-state index in [1.54, 1.807) is 6.92 Å². The molecule has 2 atom stereocenters. The van der Waals surface area contributed by atoms with Crippen molar-refractivity contribution in [2.45, 2.75) is 31.8 Å². The standard InChI is InChI=1S/C14H16N4O3/c1-2-12(16-17-15)13(19)18-11(9-21-14(18)20)8-10-6-4-3-5-7-10/h3-7,11-12H,2,8-9H2,1H3/t11-,12-/m0/s1. The van der Waals surface area contributed by atoms with Crippen LogP contribution in [-0.4, -0.2) is 35.6 Å². The summed E-state index contributed by atoms with van der Waals surface area (Å²) < 4.78 is 4.98. The van der Waals surface area contributed by atoms with Crippen molar-refractivity contribution in [3.8, 4) is 0 Å². The highest BCUT2D eigenvalue weighted by atomic mass is 16.6.